The first-order valence-corrected chi connectivity index (χ1v) is 5.52. The molecule has 1 atom stereocenters. The van der Waals surface area contributed by atoms with E-state index in [0.717, 1.165) is 5.56 Å². The van der Waals surface area contributed by atoms with Crippen molar-refractivity contribution >= 4 is 17.3 Å². The number of benzene rings is 1. The van der Waals surface area contributed by atoms with Crippen LogP contribution in [0.3, 0.4) is 0 Å². The second-order valence-corrected chi connectivity index (χ2v) is 4.32. The maximum absolute atomic E-state index is 11.0. The van der Waals surface area contributed by atoms with Gasteiger partial charge in [-0.1, -0.05) is 19.1 Å². The Morgan fingerprint density at radius 1 is 1.56 bits per heavy atom. The van der Waals surface area contributed by atoms with Gasteiger partial charge in [-0.15, -0.1) is 0 Å². The smallest absolute Gasteiger partial charge is 0.308 e. The quantitative estimate of drug-likeness (QED) is 0.640. The minimum Gasteiger partial charge on any atom is -0.481 e. The molecule has 0 fully saturated rings. The van der Waals surface area contributed by atoms with E-state index in [0.29, 0.717) is 5.69 Å². The lowest BCUT2D eigenvalue weighted by atomic mass is 10.1. The third-order valence-corrected chi connectivity index (χ3v) is 2.76. The van der Waals surface area contributed by atoms with E-state index in [9.17, 15) is 14.9 Å². The Bertz CT molecular complexity index is 473. The third kappa shape index (κ3) is 2.97. The van der Waals surface area contributed by atoms with Gasteiger partial charge >= 0.3 is 5.97 Å². The van der Waals surface area contributed by atoms with Crippen molar-refractivity contribution in [3.05, 3.63) is 33.9 Å². The molecular weight excluding hydrogens is 236 g/mol. The number of nitrogens with zero attached hydrogens (tertiary/aromatic N) is 2. The second-order valence-electron chi connectivity index (χ2n) is 4.32. The van der Waals surface area contributed by atoms with Gasteiger partial charge in [-0.25, -0.2) is 0 Å². The summed E-state index contributed by atoms with van der Waals surface area (Å²) in [5.41, 5.74) is 1.22. The molecule has 98 valence electrons. The molecule has 0 bridgehead atoms. The topological polar surface area (TPSA) is 83.7 Å². The summed E-state index contributed by atoms with van der Waals surface area (Å²) in [4.78, 5) is 22.9. The molecule has 0 radical (unpaired) electrons. The lowest BCUT2D eigenvalue weighted by molar-refractivity contribution is -0.384. The van der Waals surface area contributed by atoms with Crippen LogP contribution in [0.15, 0.2) is 18.2 Å². The van der Waals surface area contributed by atoms with Crippen molar-refractivity contribution < 1.29 is 14.8 Å². The Hall–Kier alpha value is -2.11. The van der Waals surface area contributed by atoms with Gasteiger partial charge < -0.3 is 10.0 Å². The molecule has 0 saturated heterocycles. The summed E-state index contributed by atoms with van der Waals surface area (Å²) in [7, 11) is 1.66. The largest absolute Gasteiger partial charge is 0.481 e. The summed E-state index contributed by atoms with van der Waals surface area (Å²) in [6.07, 6.45) is 0. The predicted octanol–water partition coefficient (Wildman–Crippen LogP) is 2.06. The number of nitro benzene ring substituents is 1. The number of hydrogen-bond donors (Lipinski definition) is 1. The number of carbonyl (C=O) groups is 1. The van der Waals surface area contributed by atoms with Crippen LogP contribution in [0.25, 0.3) is 0 Å². The van der Waals surface area contributed by atoms with Crippen molar-refractivity contribution in [2.75, 3.05) is 18.5 Å². The van der Waals surface area contributed by atoms with E-state index in [1.54, 1.807) is 37.9 Å². The lowest BCUT2D eigenvalue weighted by Crippen LogP contribution is -2.29. The van der Waals surface area contributed by atoms with Crippen molar-refractivity contribution in [3.8, 4) is 0 Å². The van der Waals surface area contributed by atoms with E-state index in [4.69, 9.17) is 5.11 Å². The monoisotopic (exact) mass is 252 g/mol. The molecule has 1 aromatic rings. The molecule has 18 heavy (non-hydrogen) atoms. The third-order valence-electron chi connectivity index (χ3n) is 2.76. The zero-order valence-corrected chi connectivity index (χ0v) is 10.6. The number of carboxylic acids is 1. The first kappa shape index (κ1) is 14.0. The van der Waals surface area contributed by atoms with Gasteiger partial charge in [0.1, 0.15) is 5.69 Å². The highest BCUT2D eigenvalue weighted by atomic mass is 16.6. The first-order chi connectivity index (χ1) is 8.34. The SMILES string of the molecule is Cc1cccc([N+](=O)[O-])c1N(C)CC(C)C(=O)O. The molecule has 1 aromatic carbocycles. The normalized spacial score (nSPS) is 11.9. The van der Waals surface area contributed by atoms with Crippen LogP contribution >= 0.6 is 0 Å². The number of hydrogen-bond acceptors (Lipinski definition) is 4. The number of anilines is 1. The number of aliphatic carboxylic acids is 1. The molecule has 0 amide bonds. The van der Waals surface area contributed by atoms with Gasteiger partial charge in [0.15, 0.2) is 0 Å². The highest BCUT2D eigenvalue weighted by Gasteiger charge is 2.22. The Morgan fingerprint density at radius 3 is 2.67 bits per heavy atom. The summed E-state index contributed by atoms with van der Waals surface area (Å²) < 4.78 is 0. The van der Waals surface area contributed by atoms with Gasteiger partial charge in [0.25, 0.3) is 5.69 Å². The molecule has 6 heteroatoms. The van der Waals surface area contributed by atoms with Crippen molar-refractivity contribution in [1.29, 1.82) is 0 Å². The van der Waals surface area contributed by atoms with Crippen LogP contribution in [0.1, 0.15) is 12.5 Å². The van der Waals surface area contributed by atoms with Crippen molar-refractivity contribution in [2.24, 2.45) is 5.92 Å². The van der Waals surface area contributed by atoms with E-state index in [-0.39, 0.29) is 12.2 Å². The molecular formula is C12H16N2O4. The number of nitro groups is 1. The Balaban J connectivity index is 3.08. The standard InChI is InChI=1S/C12H16N2O4/c1-8-5-4-6-10(14(17)18)11(8)13(3)7-9(2)12(15)16/h4-6,9H,7H2,1-3H3,(H,15,16). The fourth-order valence-electron chi connectivity index (χ4n) is 1.87. The molecule has 0 aliphatic rings. The summed E-state index contributed by atoms with van der Waals surface area (Å²) in [5, 5.41) is 19.8. The van der Waals surface area contributed by atoms with Crippen molar-refractivity contribution in [3.63, 3.8) is 0 Å². The average molecular weight is 252 g/mol. The van der Waals surface area contributed by atoms with Gasteiger partial charge in [0.05, 0.1) is 10.8 Å². The van der Waals surface area contributed by atoms with Crippen LogP contribution in [-0.4, -0.2) is 29.6 Å². The van der Waals surface area contributed by atoms with Crippen molar-refractivity contribution in [1.82, 2.24) is 0 Å². The van der Waals surface area contributed by atoms with Crippen LogP contribution < -0.4 is 4.90 Å². The zero-order chi connectivity index (χ0) is 13.9. The Morgan fingerprint density at radius 2 is 2.17 bits per heavy atom. The van der Waals surface area contributed by atoms with E-state index >= 15 is 0 Å². The summed E-state index contributed by atoms with van der Waals surface area (Å²) >= 11 is 0. The van der Waals surface area contributed by atoms with Crippen LogP contribution in [0.2, 0.25) is 0 Å². The molecule has 1 rings (SSSR count). The van der Waals surface area contributed by atoms with Crippen molar-refractivity contribution in [2.45, 2.75) is 13.8 Å². The van der Waals surface area contributed by atoms with Crippen LogP contribution in [0.5, 0.6) is 0 Å². The zero-order valence-electron chi connectivity index (χ0n) is 10.6. The first-order valence-electron chi connectivity index (χ1n) is 5.52. The molecule has 0 aliphatic heterocycles. The number of carboxylic acid groups (broad SMARTS) is 1. The summed E-state index contributed by atoms with van der Waals surface area (Å²) in [6, 6.07) is 4.81. The van der Waals surface area contributed by atoms with E-state index in [1.165, 1.54) is 6.07 Å². The Kier molecular flexibility index (Phi) is 4.25. The summed E-state index contributed by atoms with van der Waals surface area (Å²) in [6.45, 7) is 3.56. The van der Waals surface area contributed by atoms with Gasteiger partial charge in [0, 0.05) is 19.7 Å². The molecule has 1 unspecified atom stereocenters. The molecule has 0 aliphatic carbocycles. The van der Waals surface area contributed by atoms with Gasteiger partial charge in [-0.2, -0.15) is 0 Å². The average Bonchev–Trinajstić information content (AvgIpc) is 2.27. The van der Waals surface area contributed by atoms with Gasteiger partial charge in [-0.3, -0.25) is 14.9 Å². The molecule has 6 nitrogen and oxygen atoms in total. The lowest BCUT2D eigenvalue weighted by Gasteiger charge is -2.22. The van der Waals surface area contributed by atoms with Gasteiger partial charge in [-0.05, 0) is 12.5 Å². The molecule has 1 N–H and O–H groups in total. The summed E-state index contributed by atoms with van der Waals surface area (Å²) in [5.74, 6) is -1.51. The minimum absolute atomic E-state index is 0.00455. The highest BCUT2D eigenvalue weighted by Crippen LogP contribution is 2.31. The Labute approximate surface area is 105 Å². The predicted molar refractivity (Wildman–Crippen MR) is 67.9 cm³/mol. The van der Waals surface area contributed by atoms with Crippen LogP contribution in [0.4, 0.5) is 11.4 Å². The number of aryl methyl sites for hydroxylation is 1. The van der Waals surface area contributed by atoms with E-state index in [1.807, 2.05) is 0 Å². The molecule has 0 spiro atoms. The minimum atomic E-state index is -0.918. The molecule has 0 heterocycles. The maximum Gasteiger partial charge on any atom is 0.308 e. The fourth-order valence-corrected chi connectivity index (χ4v) is 1.87. The van der Waals surface area contributed by atoms with Gasteiger partial charge in [0.2, 0.25) is 0 Å². The fraction of sp³-hybridized carbons (Fsp3) is 0.417. The van der Waals surface area contributed by atoms with E-state index < -0.39 is 16.8 Å². The van der Waals surface area contributed by atoms with E-state index in [2.05, 4.69) is 0 Å². The van der Waals surface area contributed by atoms with Crippen LogP contribution in [-0.2, 0) is 4.79 Å². The number of para-hydroxylation sites is 1. The van der Waals surface area contributed by atoms with Crippen LogP contribution in [0, 0.1) is 23.0 Å². The maximum atomic E-state index is 11.0. The molecule has 0 aromatic heterocycles. The second kappa shape index (κ2) is 5.48. The highest BCUT2D eigenvalue weighted by molar-refractivity contribution is 5.72. The number of rotatable bonds is 5. The molecule has 0 saturated carbocycles.